The van der Waals surface area contributed by atoms with Gasteiger partial charge in [-0.15, -0.1) is 0 Å². The maximum Gasteiger partial charge on any atom is 1.00 e. The zero-order valence-electron chi connectivity index (χ0n) is 22.4. The summed E-state index contributed by atoms with van der Waals surface area (Å²) in [5.74, 6) is 0. The zero-order valence-corrected chi connectivity index (χ0v) is 25.2. The van der Waals surface area contributed by atoms with Gasteiger partial charge in [0.05, 0.1) is 11.4 Å². The van der Waals surface area contributed by atoms with Gasteiger partial charge in [0.1, 0.15) is 10.1 Å². The summed E-state index contributed by atoms with van der Waals surface area (Å²) in [5.41, 5.74) is 2.45. The van der Waals surface area contributed by atoms with Crippen LogP contribution >= 0.6 is 0 Å². The predicted molar refractivity (Wildman–Crippen MR) is 145 cm³/mol. The van der Waals surface area contributed by atoms with Crippen LogP contribution in [0.1, 0.15) is 102 Å². The molecule has 7 heteroatoms. The standard InChI is InChI=1S/C29H44N2O3S.Na/c1-2-3-4-5-6-7-8-9-10-11-12-13-19-24-29(35(32,33)34)30-27-22-17-18-23-28(27)31(29)25-26-20-15-14-16-21-26;/h14-18,20-23,30H,2-13,19,24-25H2,1H3,(H,32,33,34);/q;+1/p-1. The van der Waals surface area contributed by atoms with Crippen molar-refractivity contribution in [1.82, 2.24) is 0 Å². The molecule has 0 aromatic heterocycles. The molecule has 1 aliphatic rings. The van der Waals surface area contributed by atoms with E-state index in [0.717, 1.165) is 24.1 Å². The minimum absolute atomic E-state index is 0. The summed E-state index contributed by atoms with van der Waals surface area (Å²) < 4.78 is 38.1. The van der Waals surface area contributed by atoms with E-state index in [4.69, 9.17) is 0 Å². The van der Waals surface area contributed by atoms with Gasteiger partial charge in [0.2, 0.25) is 4.99 Å². The average molecular weight is 523 g/mol. The van der Waals surface area contributed by atoms with E-state index in [0.29, 0.717) is 18.7 Å². The maximum absolute atomic E-state index is 12.7. The number of nitrogens with one attached hydrogen (secondary N) is 1. The molecule has 2 aromatic carbocycles. The van der Waals surface area contributed by atoms with Crippen LogP contribution in [0, 0.1) is 0 Å². The Balaban J connectivity index is 0.00000456. The molecule has 1 N–H and O–H groups in total. The van der Waals surface area contributed by atoms with Crippen LogP contribution < -0.4 is 39.8 Å². The molecule has 1 heterocycles. The fourth-order valence-corrected chi connectivity index (χ4v) is 6.23. The molecule has 1 atom stereocenters. The third-order valence-electron chi connectivity index (χ3n) is 7.18. The van der Waals surface area contributed by atoms with Gasteiger partial charge in [-0.3, -0.25) is 0 Å². The van der Waals surface area contributed by atoms with Crippen LogP contribution in [0.2, 0.25) is 0 Å². The Bertz CT molecular complexity index is 987. The summed E-state index contributed by atoms with van der Waals surface area (Å²) in [4.78, 5) is 0.116. The molecule has 0 amide bonds. The smallest absolute Gasteiger partial charge is 0.745 e. The van der Waals surface area contributed by atoms with E-state index in [9.17, 15) is 13.0 Å². The molecular weight excluding hydrogens is 479 g/mol. The average Bonchev–Trinajstić information content (AvgIpc) is 3.17. The van der Waals surface area contributed by atoms with Gasteiger partial charge in [-0.2, -0.15) is 0 Å². The van der Waals surface area contributed by atoms with Crippen LogP contribution in [-0.4, -0.2) is 18.0 Å². The van der Waals surface area contributed by atoms with Crippen molar-refractivity contribution in [3.8, 4) is 0 Å². The molecule has 2 aromatic rings. The van der Waals surface area contributed by atoms with Crippen LogP contribution in [0.4, 0.5) is 11.4 Å². The minimum atomic E-state index is -4.65. The van der Waals surface area contributed by atoms with Gasteiger partial charge in [-0.05, 0) is 24.1 Å². The van der Waals surface area contributed by atoms with E-state index < -0.39 is 15.1 Å². The molecule has 0 bridgehead atoms. The Morgan fingerprint density at radius 2 is 1.25 bits per heavy atom. The molecule has 5 nitrogen and oxygen atoms in total. The third-order valence-corrected chi connectivity index (χ3v) is 8.53. The van der Waals surface area contributed by atoms with Crippen molar-refractivity contribution in [2.24, 2.45) is 0 Å². The molecule has 194 valence electrons. The predicted octanol–water partition coefficient (Wildman–Crippen LogP) is 4.80. The van der Waals surface area contributed by atoms with Crippen LogP contribution in [0.5, 0.6) is 0 Å². The Morgan fingerprint density at radius 1 is 0.750 bits per heavy atom. The number of rotatable bonds is 17. The Labute approximate surface area is 241 Å². The summed E-state index contributed by atoms with van der Waals surface area (Å²) >= 11 is 0. The van der Waals surface area contributed by atoms with Crippen molar-refractivity contribution < 1.29 is 42.5 Å². The number of fused-ring (bicyclic) bond motifs is 1. The molecule has 0 aliphatic carbocycles. The number of anilines is 2. The number of hydrogen-bond donors (Lipinski definition) is 1. The van der Waals surface area contributed by atoms with Crippen molar-refractivity contribution in [3.05, 3.63) is 60.2 Å². The van der Waals surface area contributed by atoms with E-state index in [-0.39, 0.29) is 36.0 Å². The van der Waals surface area contributed by atoms with Gasteiger partial charge in [-0.25, -0.2) is 8.42 Å². The topological polar surface area (TPSA) is 72.5 Å². The van der Waals surface area contributed by atoms with Crippen molar-refractivity contribution in [2.45, 2.75) is 108 Å². The summed E-state index contributed by atoms with van der Waals surface area (Å²) in [6.45, 7) is 2.62. The van der Waals surface area contributed by atoms with E-state index in [1.807, 2.05) is 54.6 Å². The van der Waals surface area contributed by atoms with Gasteiger partial charge < -0.3 is 14.8 Å². The first-order chi connectivity index (χ1) is 17.0. The number of para-hydroxylation sites is 2. The second-order valence-corrected chi connectivity index (χ2v) is 11.5. The molecular formula is C29H43N2NaO3S. The number of benzene rings is 2. The SMILES string of the molecule is CCCCCCCCCCCCCCCC1(S(=O)(=O)[O-])Nc2ccccc2N1Cc1ccccc1.[Na+]. The molecule has 1 aliphatic heterocycles. The van der Waals surface area contributed by atoms with Gasteiger partial charge in [0.15, 0.2) is 0 Å². The molecule has 0 saturated carbocycles. The second-order valence-electron chi connectivity index (χ2n) is 9.95. The van der Waals surface area contributed by atoms with Crippen molar-refractivity contribution in [1.29, 1.82) is 0 Å². The molecule has 0 fully saturated rings. The summed E-state index contributed by atoms with van der Waals surface area (Å²) in [7, 11) is -4.65. The van der Waals surface area contributed by atoms with Crippen molar-refractivity contribution in [3.63, 3.8) is 0 Å². The van der Waals surface area contributed by atoms with Crippen LogP contribution in [0.15, 0.2) is 54.6 Å². The van der Waals surface area contributed by atoms with E-state index in [2.05, 4.69) is 12.2 Å². The third kappa shape index (κ3) is 8.76. The van der Waals surface area contributed by atoms with Gasteiger partial charge in [0.25, 0.3) is 0 Å². The first-order valence-corrected chi connectivity index (χ1v) is 15.0. The number of hydrogen-bond acceptors (Lipinski definition) is 5. The summed E-state index contributed by atoms with van der Waals surface area (Å²) in [6.07, 6.45) is 16.1. The number of nitrogens with zero attached hydrogens (tertiary/aromatic N) is 1. The van der Waals surface area contributed by atoms with Crippen LogP contribution in [-0.2, 0) is 16.7 Å². The summed E-state index contributed by atoms with van der Waals surface area (Å²) in [5, 5.41) is 3.13. The van der Waals surface area contributed by atoms with Crippen LogP contribution in [0.25, 0.3) is 0 Å². The second kappa shape index (κ2) is 16.0. The largest absolute Gasteiger partial charge is 1.00 e. The van der Waals surface area contributed by atoms with Gasteiger partial charge in [-0.1, -0.05) is 126 Å². The first-order valence-electron chi connectivity index (χ1n) is 13.6. The van der Waals surface area contributed by atoms with E-state index >= 15 is 0 Å². The Kier molecular flexibility index (Phi) is 13.9. The molecule has 0 radical (unpaired) electrons. The zero-order chi connectivity index (χ0) is 25.0. The van der Waals surface area contributed by atoms with E-state index in [1.165, 1.54) is 64.2 Å². The first kappa shape index (κ1) is 31.2. The quantitative estimate of drug-likeness (QED) is 0.184. The van der Waals surface area contributed by atoms with Crippen molar-refractivity contribution in [2.75, 3.05) is 10.2 Å². The van der Waals surface area contributed by atoms with E-state index in [1.54, 1.807) is 4.90 Å². The van der Waals surface area contributed by atoms with Gasteiger partial charge in [0, 0.05) is 13.0 Å². The maximum atomic E-state index is 12.7. The molecule has 36 heavy (non-hydrogen) atoms. The Hall–Kier alpha value is -1.05. The fraction of sp³-hybridized carbons (Fsp3) is 0.586. The van der Waals surface area contributed by atoms with Gasteiger partial charge >= 0.3 is 29.6 Å². The molecule has 0 spiro atoms. The van der Waals surface area contributed by atoms with Crippen LogP contribution in [0.3, 0.4) is 0 Å². The molecule has 3 rings (SSSR count). The Morgan fingerprint density at radius 3 is 1.81 bits per heavy atom. The van der Waals surface area contributed by atoms with Crippen molar-refractivity contribution >= 4 is 21.5 Å². The normalized spacial score (nSPS) is 16.9. The summed E-state index contributed by atoms with van der Waals surface area (Å²) in [6, 6.07) is 17.2. The molecule has 0 saturated heterocycles. The molecule has 1 unspecified atom stereocenters. The minimum Gasteiger partial charge on any atom is -0.745 e. The number of unbranched alkanes of at least 4 members (excludes halogenated alkanes) is 12. The fourth-order valence-electron chi connectivity index (χ4n) is 5.17. The monoisotopic (exact) mass is 522 g/mol.